The second-order valence-corrected chi connectivity index (χ2v) is 13.5. The molecule has 2 saturated carbocycles. The van der Waals surface area contributed by atoms with Crippen molar-refractivity contribution in [1.29, 1.82) is 0 Å². The van der Waals surface area contributed by atoms with Gasteiger partial charge in [-0.25, -0.2) is 18.6 Å². The summed E-state index contributed by atoms with van der Waals surface area (Å²) >= 11 is 0. The zero-order chi connectivity index (χ0) is 34.6. The Morgan fingerprint density at radius 1 is 1.06 bits per heavy atom. The molecular weight excluding hydrogens is 637 g/mol. The Labute approximate surface area is 277 Å². The minimum absolute atomic E-state index is 0.0657. The molecule has 0 atom stereocenters. The summed E-state index contributed by atoms with van der Waals surface area (Å²) in [5, 5.41) is 10.3. The molecule has 0 unspecified atom stereocenters. The van der Waals surface area contributed by atoms with Gasteiger partial charge in [0.2, 0.25) is 11.8 Å². The third-order valence-electron chi connectivity index (χ3n) is 9.78. The maximum atomic E-state index is 14.2. The maximum Gasteiger partial charge on any atom is 0.421 e. The number of nitrogens with zero attached hydrogens (tertiary/aromatic N) is 3. The van der Waals surface area contributed by atoms with Crippen molar-refractivity contribution < 1.29 is 46.1 Å². The number of rotatable bonds is 10. The number of aromatic carboxylic acids is 1. The first-order chi connectivity index (χ1) is 22.7. The van der Waals surface area contributed by atoms with Crippen molar-refractivity contribution in [3.63, 3.8) is 0 Å². The van der Waals surface area contributed by atoms with Crippen molar-refractivity contribution >= 4 is 17.6 Å². The molecule has 13 heteroatoms. The van der Waals surface area contributed by atoms with Gasteiger partial charge in [0.1, 0.15) is 11.3 Å². The summed E-state index contributed by atoms with van der Waals surface area (Å²) in [6, 6.07) is 4.46. The van der Waals surface area contributed by atoms with Crippen molar-refractivity contribution in [3.8, 4) is 11.6 Å². The van der Waals surface area contributed by atoms with Gasteiger partial charge < -0.3 is 19.5 Å². The zero-order valence-corrected chi connectivity index (χ0v) is 27.4. The third kappa shape index (κ3) is 8.82. The largest absolute Gasteiger partial charge is 0.478 e. The minimum Gasteiger partial charge on any atom is -0.478 e. The molecule has 48 heavy (non-hydrogen) atoms. The molecule has 0 spiro atoms. The zero-order valence-electron chi connectivity index (χ0n) is 27.4. The number of hydrogen-bond acceptors (Lipinski definition) is 6. The fourth-order valence-electron chi connectivity index (χ4n) is 7.28. The van der Waals surface area contributed by atoms with Crippen molar-refractivity contribution in [2.75, 3.05) is 24.6 Å². The van der Waals surface area contributed by atoms with Gasteiger partial charge in [-0.05, 0) is 107 Å². The quantitative estimate of drug-likeness (QED) is 0.252. The highest BCUT2D eigenvalue weighted by atomic mass is 19.4. The van der Waals surface area contributed by atoms with E-state index in [-0.39, 0.29) is 65.9 Å². The average molecular weight is 682 g/mol. The Balaban J connectivity index is 1.43. The van der Waals surface area contributed by atoms with Crippen molar-refractivity contribution in [2.45, 2.75) is 109 Å². The van der Waals surface area contributed by atoms with E-state index in [1.54, 1.807) is 4.90 Å². The van der Waals surface area contributed by atoms with Crippen molar-refractivity contribution in [2.24, 2.45) is 11.8 Å². The number of alkyl halides is 5. The number of benzene rings is 1. The molecule has 8 nitrogen and oxygen atoms in total. The smallest absolute Gasteiger partial charge is 0.421 e. The predicted molar refractivity (Wildman–Crippen MR) is 168 cm³/mol. The maximum absolute atomic E-state index is 14.2. The summed E-state index contributed by atoms with van der Waals surface area (Å²) < 4.78 is 81.7. The molecule has 2 heterocycles. The van der Waals surface area contributed by atoms with Crippen LogP contribution in [0.15, 0.2) is 30.5 Å². The Hall–Kier alpha value is -3.32. The van der Waals surface area contributed by atoms with Crippen molar-refractivity contribution in [1.82, 2.24) is 9.88 Å². The summed E-state index contributed by atoms with van der Waals surface area (Å²) in [7, 11) is 0. The first-order valence-corrected chi connectivity index (χ1v) is 16.9. The van der Waals surface area contributed by atoms with E-state index in [9.17, 15) is 36.6 Å². The number of ether oxygens (including phenoxy) is 2. The monoisotopic (exact) mass is 681 g/mol. The van der Waals surface area contributed by atoms with E-state index in [0.717, 1.165) is 44.0 Å². The van der Waals surface area contributed by atoms with Crippen LogP contribution in [-0.2, 0) is 22.3 Å². The number of carbonyl (C=O) groups excluding carboxylic acids is 1. The van der Waals surface area contributed by atoms with E-state index in [1.807, 2.05) is 6.92 Å². The highest BCUT2D eigenvalue weighted by Crippen LogP contribution is 2.41. The Kier molecular flexibility index (Phi) is 11.3. The lowest BCUT2D eigenvalue weighted by atomic mass is 9.81. The standard InChI is InChI=1S/C35H44F5N3O5/c1-3-47-26-11-9-25(10-12-26)43(32(44)24-7-5-22(2)6-8-24)30-14-13-27(18-28(30)33(45)46)48-31-29(35(38,39)40)17-23(19-41-31)20-42-16-4-15-34(36,37)21-42/h13-14,17-19,22,24-26H,3-12,15-16,20-21H2,1-2H3,(H,45,46)/t22-,24-,25-,26-. The van der Waals surface area contributed by atoms with Gasteiger partial charge in [0, 0.05) is 37.7 Å². The first-order valence-electron chi connectivity index (χ1n) is 16.9. The van der Waals surface area contributed by atoms with Gasteiger partial charge in [-0.1, -0.05) is 6.92 Å². The van der Waals surface area contributed by atoms with Crippen LogP contribution in [0, 0.1) is 11.8 Å². The SMILES string of the molecule is CCO[C@H]1CC[C@H](N(c2ccc(Oc3ncc(CN4CCCC(F)(F)C4)cc3C(F)(F)F)cc2C(=O)O)C(=O)[C@H]2CC[C@H](C)CC2)CC1. The number of pyridine rings is 1. The minimum atomic E-state index is -4.89. The van der Waals surface area contributed by atoms with Crippen LogP contribution in [0.25, 0.3) is 0 Å². The highest BCUT2D eigenvalue weighted by Gasteiger charge is 2.39. The molecule has 3 fully saturated rings. The van der Waals surface area contributed by atoms with Crippen molar-refractivity contribution in [3.05, 3.63) is 47.2 Å². The van der Waals surface area contributed by atoms with Gasteiger partial charge in [0.05, 0.1) is 23.9 Å². The fourth-order valence-corrected chi connectivity index (χ4v) is 7.28. The van der Waals surface area contributed by atoms with Gasteiger partial charge in [-0.2, -0.15) is 13.2 Å². The number of carboxylic acid groups (broad SMARTS) is 1. The highest BCUT2D eigenvalue weighted by molar-refractivity contribution is 6.03. The normalized spacial score (nSPS) is 25.0. The molecular formula is C35H44F5N3O5. The molecule has 1 aliphatic heterocycles. The molecule has 1 amide bonds. The van der Waals surface area contributed by atoms with E-state index in [0.29, 0.717) is 44.8 Å². The summed E-state index contributed by atoms with van der Waals surface area (Å²) in [6.45, 7) is 4.29. The van der Waals surface area contributed by atoms with Crippen LogP contribution in [0.5, 0.6) is 11.6 Å². The molecule has 0 bridgehead atoms. The molecule has 2 aromatic rings. The van der Waals surface area contributed by atoms with Gasteiger partial charge in [0.25, 0.3) is 5.92 Å². The van der Waals surface area contributed by atoms with Gasteiger partial charge >= 0.3 is 12.1 Å². The summed E-state index contributed by atoms with van der Waals surface area (Å²) in [5.41, 5.74) is -1.21. The van der Waals surface area contributed by atoms with Crippen LogP contribution < -0.4 is 9.64 Å². The lowest BCUT2D eigenvalue weighted by Gasteiger charge is -2.40. The molecule has 2 aliphatic carbocycles. The Morgan fingerprint density at radius 3 is 2.40 bits per heavy atom. The lowest BCUT2D eigenvalue weighted by Crippen LogP contribution is -2.47. The van der Waals surface area contributed by atoms with E-state index in [4.69, 9.17) is 9.47 Å². The van der Waals surface area contributed by atoms with Crippen LogP contribution in [0.1, 0.15) is 99.5 Å². The second-order valence-electron chi connectivity index (χ2n) is 13.5. The van der Waals surface area contributed by atoms with E-state index in [2.05, 4.69) is 11.9 Å². The number of anilines is 1. The molecule has 1 aromatic heterocycles. The van der Waals surface area contributed by atoms with E-state index in [1.165, 1.54) is 17.0 Å². The number of aromatic nitrogens is 1. The van der Waals surface area contributed by atoms with Gasteiger partial charge in [-0.15, -0.1) is 0 Å². The van der Waals surface area contributed by atoms with Crippen LogP contribution in [0.4, 0.5) is 27.6 Å². The second kappa shape index (κ2) is 15.1. The molecule has 3 aliphatic rings. The Morgan fingerprint density at radius 2 is 1.77 bits per heavy atom. The molecule has 0 radical (unpaired) electrons. The fraction of sp³-hybridized carbons (Fsp3) is 0.629. The van der Waals surface area contributed by atoms with Crippen LogP contribution in [-0.4, -0.2) is 64.6 Å². The van der Waals surface area contributed by atoms with E-state index < -0.39 is 36.1 Å². The summed E-state index contributed by atoms with van der Waals surface area (Å²) in [4.78, 5) is 33.6. The number of hydrogen-bond donors (Lipinski definition) is 1. The molecule has 264 valence electrons. The Bertz CT molecular complexity index is 1440. The number of piperidine rings is 1. The summed E-state index contributed by atoms with van der Waals surface area (Å²) in [5.74, 6) is -5.14. The number of carboxylic acids is 1. The average Bonchev–Trinajstić information content (AvgIpc) is 3.02. The van der Waals surface area contributed by atoms with Crippen LogP contribution in [0.3, 0.4) is 0 Å². The first kappa shape index (κ1) is 36.0. The predicted octanol–water partition coefficient (Wildman–Crippen LogP) is 8.33. The topological polar surface area (TPSA) is 92.2 Å². The van der Waals surface area contributed by atoms with Gasteiger partial charge in [-0.3, -0.25) is 9.69 Å². The third-order valence-corrected chi connectivity index (χ3v) is 9.78. The van der Waals surface area contributed by atoms with Crippen LogP contribution in [0.2, 0.25) is 0 Å². The number of likely N-dealkylation sites (tertiary alicyclic amines) is 1. The molecule has 1 aromatic carbocycles. The van der Waals surface area contributed by atoms with Crippen LogP contribution >= 0.6 is 0 Å². The number of carbonyl (C=O) groups is 2. The molecule has 1 saturated heterocycles. The number of halogens is 5. The van der Waals surface area contributed by atoms with E-state index >= 15 is 0 Å². The lowest BCUT2D eigenvalue weighted by molar-refractivity contribution is -0.139. The summed E-state index contributed by atoms with van der Waals surface area (Å²) in [6.07, 6.45) is 2.18. The molecule has 1 N–H and O–H groups in total. The molecule has 5 rings (SSSR count). The van der Waals surface area contributed by atoms with Gasteiger partial charge in [0.15, 0.2) is 0 Å². The number of amides is 1.